The summed E-state index contributed by atoms with van der Waals surface area (Å²) in [5, 5.41) is 5.00. The number of carbonyl (C=O) groups excluding carboxylic acids is 1. The summed E-state index contributed by atoms with van der Waals surface area (Å²) in [6.07, 6.45) is 1.89. The molecule has 0 bridgehead atoms. The second-order valence-electron chi connectivity index (χ2n) is 8.03. The Morgan fingerprint density at radius 2 is 1.79 bits per heavy atom. The summed E-state index contributed by atoms with van der Waals surface area (Å²) < 4.78 is 34.2. The van der Waals surface area contributed by atoms with Crippen molar-refractivity contribution < 1.29 is 22.8 Å². The lowest BCUT2D eigenvalue weighted by Crippen LogP contribution is -2.59. The zero-order chi connectivity index (χ0) is 23.9. The second kappa shape index (κ2) is 11.1. The second-order valence-corrected chi connectivity index (χ2v) is 9.93. The molecule has 33 heavy (non-hydrogen) atoms. The molecular weight excluding hydrogens is 442 g/mol. The van der Waals surface area contributed by atoms with E-state index in [0.29, 0.717) is 25.1 Å². The minimum Gasteiger partial charge on any atom is -0.496 e. The molecule has 0 saturated carbocycles. The maximum absolute atomic E-state index is 13.9. The number of hydroxylamine groups is 1. The van der Waals surface area contributed by atoms with Gasteiger partial charge in [0.2, 0.25) is 0 Å². The van der Waals surface area contributed by atoms with Crippen molar-refractivity contribution in [1.29, 1.82) is 0 Å². The molecule has 180 valence electrons. The van der Waals surface area contributed by atoms with Crippen LogP contribution in [0.15, 0.2) is 54.6 Å². The van der Waals surface area contributed by atoms with Crippen molar-refractivity contribution >= 4 is 15.9 Å². The number of para-hydroxylation sites is 1. The summed E-state index contributed by atoms with van der Waals surface area (Å²) in [4.78, 5) is 18.7. The molecule has 9 heteroatoms. The topological polar surface area (TPSA) is 97.0 Å². The Kier molecular flexibility index (Phi) is 8.47. The molecule has 2 aromatic rings. The molecule has 1 heterocycles. The molecule has 0 aliphatic carbocycles. The van der Waals surface area contributed by atoms with E-state index in [9.17, 15) is 13.2 Å². The molecular formula is C24H33N3O5S. The summed E-state index contributed by atoms with van der Waals surface area (Å²) in [6, 6.07) is 16.3. The Hall–Kier alpha value is -2.46. The number of sulfonamides is 1. The van der Waals surface area contributed by atoms with Crippen LogP contribution in [0, 0.1) is 0 Å². The first-order valence-corrected chi connectivity index (χ1v) is 12.7. The van der Waals surface area contributed by atoms with Gasteiger partial charge in [-0.1, -0.05) is 46.9 Å². The van der Waals surface area contributed by atoms with Gasteiger partial charge in [-0.3, -0.25) is 9.63 Å². The zero-order valence-corrected chi connectivity index (χ0v) is 20.2. The average molecular weight is 476 g/mol. The van der Waals surface area contributed by atoms with Gasteiger partial charge in [0.05, 0.1) is 19.8 Å². The summed E-state index contributed by atoms with van der Waals surface area (Å²) in [5.74, 6) is -0.137. The Bertz CT molecular complexity index is 1020. The third-order valence-corrected chi connectivity index (χ3v) is 8.37. The van der Waals surface area contributed by atoms with Crippen molar-refractivity contribution in [3.63, 3.8) is 0 Å². The monoisotopic (exact) mass is 475 g/mol. The summed E-state index contributed by atoms with van der Waals surface area (Å²) >= 11 is 0. The number of nitrogens with zero attached hydrogens (tertiary/aromatic N) is 1. The number of rotatable bonds is 9. The van der Waals surface area contributed by atoms with Crippen molar-refractivity contribution in [2.24, 2.45) is 0 Å². The largest absolute Gasteiger partial charge is 0.496 e. The third kappa shape index (κ3) is 5.22. The fourth-order valence-corrected chi connectivity index (χ4v) is 6.62. The Morgan fingerprint density at radius 1 is 1.09 bits per heavy atom. The molecule has 0 aromatic heterocycles. The van der Waals surface area contributed by atoms with Crippen LogP contribution in [0.5, 0.6) is 5.75 Å². The van der Waals surface area contributed by atoms with Crippen LogP contribution in [0.2, 0.25) is 0 Å². The van der Waals surface area contributed by atoms with Crippen LogP contribution in [-0.4, -0.2) is 58.0 Å². The van der Waals surface area contributed by atoms with Gasteiger partial charge in [0.15, 0.2) is 5.37 Å². The Morgan fingerprint density at radius 3 is 2.45 bits per heavy atom. The van der Waals surface area contributed by atoms with E-state index in [1.807, 2.05) is 30.3 Å². The number of benzene rings is 2. The molecule has 3 rings (SSSR count). The SMILES string of the molecule is CCN(OC)S(=O)(=O)C(NC(=O)c1ccccc1OC)C1(c2ccccc2)CCCNCC1. The smallest absolute Gasteiger partial charge is 0.258 e. The number of carbonyl (C=O) groups is 1. The van der Waals surface area contributed by atoms with Gasteiger partial charge in [-0.25, -0.2) is 8.42 Å². The molecule has 1 saturated heterocycles. The lowest BCUT2D eigenvalue weighted by molar-refractivity contribution is -0.0465. The first kappa shape index (κ1) is 25.2. The van der Waals surface area contributed by atoms with E-state index in [2.05, 4.69) is 10.6 Å². The summed E-state index contributed by atoms with van der Waals surface area (Å²) in [7, 11) is -1.30. The van der Waals surface area contributed by atoms with E-state index in [1.54, 1.807) is 31.2 Å². The lowest BCUT2D eigenvalue weighted by Gasteiger charge is -2.42. The van der Waals surface area contributed by atoms with Crippen molar-refractivity contribution in [3.05, 3.63) is 65.7 Å². The molecule has 2 unspecified atom stereocenters. The molecule has 2 atom stereocenters. The maximum atomic E-state index is 13.9. The van der Waals surface area contributed by atoms with Crippen molar-refractivity contribution in [2.75, 3.05) is 33.9 Å². The maximum Gasteiger partial charge on any atom is 0.258 e. The third-order valence-electron chi connectivity index (χ3n) is 6.23. The normalized spacial score (nSPS) is 20.1. The summed E-state index contributed by atoms with van der Waals surface area (Å²) in [6.45, 7) is 3.22. The minimum absolute atomic E-state index is 0.114. The highest BCUT2D eigenvalue weighted by Crippen LogP contribution is 2.41. The standard InChI is InChI=1S/C24H33N3O5S/c1-4-27(32-3)33(29,30)23(26-22(28)20-13-8-9-14-21(20)31-2)24(15-10-17-25-18-16-24)19-11-6-5-7-12-19/h5-9,11-14,23,25H,4,10,15-18H2,1-3H3,(H,26,28). The van der Waals surface area contributed by atoms with E-state index in [0.717, 1.165) is 23.0 Å². The molecule has 1 aliphatic heterocycles. The van der Waals surface area contributed by atoms with Crippen molar-refractivity contribution in [1.82, 2.24) is 15.1 Å². The van der Waals surface area contributed by atoms with Gasteiger partial charge in [-0.05, 0) is 57.0 Å². The number of hydrogen-bond acceptors (Lipinski definition) is 6. The van der Waals surface area contributed by atoms with E-state index >= 15 is 0 Å². The molecule has 2 aromatic carbocycles. The number of nitrogens with one attached hydrogen (secondary N) is 2. The van der Waals surface area contributed by atoms with Crippen LogP contribution >= 0.6 is 0 Å². The first-order valence-electron chi connectivity index (χ1n) is 11.2. The molecule has 1 aliphatic rings. The van der Waals surface area contributed by atoms with E-state index in [4.69, 9.17) is 9.57 Å². The van der Waals surface area contributed by atoms with Crippen LogP contribution in [0.3, 0.4) is 0 Å². The summed E-state index contributed by atoms with van der Waals surface area (Å²) in [5.41, 5.74) is 0.290. The average Bonchev–Trinajstić information content (AvgIpc) is 3.10. The van der Waals surface area contributed by atoms with Crippen LogP contribution in [-0.2, 0) is 20.3 Å². The van der Waals surface area contributed by atoms with E-state index in [1.165, 1.54) is 14.2 Å². The molecule has 1 amide bonds. The van der Waals surface area contributed by atoms with Gasteiger partial charge in [-0.15, -0.1) is 0 Å². The molecule has 0 radical (unpaired) electrons. The Labute approximate surface area is 196 Å². The quantitative estimate of drug-likeness (QED) is 0.542. The fourth-order valence-electron chi connectivity index (χ4n) is 4.62. The van der Waals surface area contributed by atoms with Crippen molar-refractivity contribution in [2.45, 2.75) is 37.0 Å². The Balaban J connectivity index is 2.17. The highest BCUT2D eigenvalue weighted by atomic mass is 32.2. The van der Waals surface area contributed by atoms with Crippen LogP contribution in [0.1, 0.15) is 42.1 Å². The predicted molar refractivity (Wildman–Crippen MR) is 127 cm³/mol. The molecule has 1 fully saturated rings. The highest BCUT2D eigenvalue weighted by Gasteiger charge is 2.50. The first-order chi connectivity index (χ1) is 15.9. The predicted octanol–water partition coefficient (Wildman–Crippen LogP) is 2.68. The van der Waals surface area contributed by atoms with Gasteiger partial charge < -0.3 is 15.4 Å². The van der Waals surface area contributed by atoms with Gasteiger partial charge in [-0.2, -0.15) is 0 Å². The number of amides is 1. The fraction of sp³-hybridized carbons (Fsp3) is 0.458. The number of hydrogen-bond donors (Lipinski definition) is 2. The van der Waals surface area contributed by atoms with Crippen molar-refractivity contribution in [3.8, 4) is 5.75 Å². The van der Waals surface area contributed by atoms with Crippen LogP contribution in [0.25, 0.3) is 0 Å². The minimum atomic E-state index is -4.10. The van der Waals surface area contributed by atoms with Gasteiger partial charge in [0, 0.05) is 12.0 Å². The van der Waals surface area contributed by atoms with Crippen LogP contribution in [0.4, 0.5) is 0 Å². The van der Waals surface area contributed by atoms with E-state index in [-0.39, 0.29) is 12.1 Å². The molecule has 0 spiro atoms. The van der Waals surface area contributed by atoms with E-state index < -0.39 is 26.7 Å². The number of ether oxygens (including phenoxy) is 1. The van der Waals surface area contributed by atoms with Crippen LogP contribution < -0.4 is 15.4 Å². The zero-order valence-electron chi connectivity index (χ0n) is 19.4. The number of methoxy groups -OCH3 is 1. The molecule has 8 nitrogen and oxygen atoms in total. The van der Waals surface area contributed by atoms with Gasteiger partial charge in [0.1, 0.15) is 5.75 Å². The van der Waals surface area contributed by atoms with Gasteiger partial charge in [0.25, 0.3) is 15.9 Å². The lowest BCUT2D eigenvalue weighted by atomic mass is 9.74. The highest BCUT2D eigenvalue weighted by molar-refractivity contribution is 7.89. The molecule has 2 N–H and O–H groups in total. The van der Waals surface area contributed by atoms with Gasteiger partial charge >= 0.3 is 0 Å².